The summed E-state index contributed by atoms with van der Waals surface area (Å²) in [5.41, 5.74) is 0.602. The lowest BCUT2D eigenvalue weighted by molar-refractivity contribution is 0.359. The second kappa shape index (κ2) is 7.96. The van der Waals surface area contributed by atoms with Crippen molar-refractivity contribution in [1.82, 2.24) is 29.9 Å². The number of rotatable bonds is 6. The third-order valence-electron chi connectivity index (χ3n) is 3.22. The summed E-state index contributed by atoms with van der Waals surface area (Å²) in [5, 5.41) is 3.15. The van der Waals surface area contributed by atoms with Crippen LogP contribution in [0.25, 0.3) is 0 Å². The minimum atomic E-state index is 0.0876. The first-order valence-electron chi connectivity index (χ1n) is 7.84. The van der Waals surface area contributed by atoms with Crippen LogP contribution in [-0.2, 0) is 0 Å². The van der Waals surface area contributed by atoms with Gasteiger partial charge in [0.15, 0.2) is 5.75 Å². The molecule has 0 unspecified atom stereocenters. The van der Waals surface area contributed by atoms with E-state index in [4.69, 9.17) is 21.1 Å². The van der Waals surface area contributed by atoms with E-state index in [1.165, 1.54) is 7.11 Å². The number of hydrogen-bond acceptors (Lipinski definition) is 10. The molecule has 0 amide bonds. The number of aromatic nitrogens is 6. The van der Waals surface area contributed by atoms with Gasteiger partial charge in [-0.2, -0.15) is 19.9 Å². The Balaban J connectivity index is 1.91. The van der Waals surface area contributed by atoms with Gasteiger partial charge in [0.05, 0.1) is 12.8 Å². The molecule has 0 radical (unpaired) electrons. The highest BCUT2D eigenvalue weighted by atomic mass is 35.5. The Morgan fingerprint density at radius 3 is 2.41 bits per heavy atom. The molecule has 11 heteroatoms. The van der Waals surface area contributed by atoms with Crippen LogP contribution in [0, 0.1) is 6.92 Å². The molecule has 2 heterocycles. The first-order valence-corrected chi connectivity index (χ1v) is 8.22. The van der Waals surface area contributed by atoms with Gasteiger partial charge in [-0.3, -0.25) is 0 Å². The maximum atomic E-state index is 5.89. The molecule has 0 fully saturated rings. The topological polar surface area (TPSA) is 111 Å². The van der Waals surface area contributed by atoms with Crippen molar-refractivity contribution in [1.29, 1.82) is 0 Å². The molecule has 3 rings (SSSR count). The molecule has 0 spiro atoms. The predicted octanol–water partition coefficient (Wildman–Crippen LogP) is 2.63. The van der Waals surface area contributed by atoms with Crippen molar-refractivity contribution in [2.45, 2.75) is 6.92 Å². The van der Waals surface area contributed by atoms with Crippen LogP contribution in [0.2, 0.25) is 5.28 Å². The van der Waals surface area contributed by atoms with E-state index in [1.807, 2.05) is 12.1 Å². The summed E-state index contributed by atoms with van der Waals surface area (Å²) in [7, 11) is 5.09. The quantitative estimate of drug-likeness (QED) is 0.676. The van der Waals surface area contributed by atoms with E-state index in [-0.39, 0.29) is 17.3 Å². The third-order valence-corrected chi connectivity index (χ3v) is 3.39. The molecule has 140 valence electrons. The Kier molecular flexibility index (Phi) is 5.46. The van der Waals surface area contributed by atoms with Gasteiger partial charge >= 0.3 is 12.0 Å². The molecule has 0 atom stereocenters. The van der Waals surface area contributed by atoms with Crippen LogP contribution in [0.3, 0.4) is 0 Å². The molecule has 10 nitrogen and oxygen atoms in total. The van der Waals surface area contributed by atoms with Crippen molar-refractivity contribution in [2.75, 3.05) is 31.4 Å². The minimum Gasteiger partial charge on any atom is -0.467 e. The Hall–Kier alpha value is -3.27. The van der Waals surface area contributed by atoms with Crippen LogP contribution in [0.1, 0.15) is 5.82 Å². The van der Waals surface area contributed by atoms with E-state index in [2.05, 4.69) is 35.2 Å². The monoisotopic (exact) mass is 388 g/mol. The third kappa shape index (κ3) is 4.67. The zero-order valence-electron chi connectivity index (χ0n) is 15.1. The fourth-order valence-corrected chi connectivity index (χ4v) is 2.25. The first kappa shape index (κ1) is 18.5. The van der Waals surface area contributed by atoms with E-state index in [0.717, 1.165) is 0 Å². The number of nitrogens with one attached hydrogen (secondary N) is 1. The van der Waals surface area contributed by atoms with Crippen LogP contribution in [0.15, 0.2) is 24.3 Å². The lowest BCUT2D eigenvalue weighted by Gasteiger charge is -2.14. The van der Waals surface area contributed by atoms with Gasteiger partial charge in [-0.15, -0.1) is 4.98 Å². The minimum absolute atomic E-state index is 0.0876. The lowest BCUT2D eigenvalue weighted by atomic mass is 10.3. The average Bonchev–Trinajstić information content (AvgIpc) is 2.62. The number of benzene rings is 1. The largest absolute Gasteiger partial charge is 0.467 e. The van der Waals surface area contributed by atoms with Crippen molar-refractivity contribution in [3.05, 3.63) is 35.4 Å². The number of ether oxygens (including phenoxy) is 2. The summed E-state index contributed by atoms with van der Waals surface area (Å²) in [6.45, 7) is 1.72. The molecule has 0 aliphatic heterocycles. The highest BCUT2D eigenvalue weighted by molar-refractivity contribution is 6.28. The molecule has 1 N–H and O–H groups in total. The maximum Gasteiger partial charge on any atom is 0.330 e. The zero-order valence-corrected chi connectivity index (χ0v) is 15.9. The fraction of sp³-hybridized carbons (Fsp3) is 0.250. The highest BCUT2D eigenvalue weighted by Gasteiger charge is 2.13. The van der Waals surface area contributed by atoms with Crippen molar-refractivity contribution in [2.24, 2.45) is 0 Å². The summed E-state index contributed by atoms with van der Waals surface area (Å²) in [4.78, 5) is 26.4. The second-order valence-electron chi connectivity index (χ2n) is 5.50. The van der Waals surface area contributed by atoms with Crippen molar-refractivity contribution < 1.29 is 9.47 Å². The molecule has 0 saturated carbocycles. The molecule has 27 heavy (non-hydrogen) atoms. The molecule has 0 aliphatic rings. The summed E-state index contributed by atoms with van der Waals surface area (Å²) < 4.78 is 10.9. The van der Waals surface area contributed by atoms with Gasteiger partial charge in [-0.05, 0) is 30.7 Å². The highest BCUT2D eigenvalue weighted by Crippen LogP contribution is 2.30. The maximum absolute atomic E-state index is 5.89. The van der Waals surface area contributed by atoms with Crippen LogP contribution >= 0.6 is 11.6 Å². The number of hydrogen-bond donors (Lipinski definition) is 1. The normalized spacial score (nSPS) is 10.4. The fourth-order valence-electron chi connectivity index (χ4n) is 2.05. The molecular formula is C16H17ClN8O2. The summed E-state index contributed by atoms with van der Waals surface area (Å²) >= 11 is 5.89. The Morgan fingerprint density at radius 2 is 1.70 bits per heavy atom. The van der Waals surface area contributed by atoms with Gasteiger partial charge in [0, 0.05) is 14.1 Å². The number of anilines is 3. The average molecular weight is 389 g/mol. The molecule has 1 aromatic carbocycles. The summed E-state index contributed by atoms with van der Waals surface area (Å²) in [5.74, 6) is 1.66. The number of nitrogens with zero attached hydrogens (tertiary/aromatic N) is 7. The second-order valence-corrected chi connectivity index (χ2v) is 5.84. The number of halogens is 1. The number of methoxy groups -OCH3 is 1. The Labute approximate surface area is 160 Å². The van der Waals surface area contributed by atoms with Gasteiger partial charge in [-0.1, -0.05) is 12.1 Å². The molecule has 0 bridgehead atoms. The van der Waals surface area contributed by atoms with E-state index in [9.17, 15) is 0 Å². The summed E-state index contributed by atoms with van der Waals surface area (Å²) in [6, 6.07) is 7.44. The smallest absolute Gasteiger partial charge is 0.330 e. The van der Waals surface area contributed by atoms with E-state index in [1.54, 1.807) is 38.1 Å². The van der Waals surface area contributed by atoms with Crippen LogP contribution < -0.4 is 19.7 Å². The standard InChI is InChI=1S/C16H17ClN8O2/c1-9-18-12(17)21-13(19-9)20-10-7-5-6-8-11(10)27-16-23-14(25(2)3)22-15(24-16)26-4/h5-8H,1-4H3,(H,18,19,20,21). The predicted molar refractivity (Wildman–Crippen MR) is 100 cm³/mol. The van der Waals surface area contributed by atoms with Crippen LogP contribution in [0.5, 0.6) is 17.8 Å². The molecule has 2 aromatic heterocycles. The van der Waals surface area contributed by atoms with Crippen LogP contribution in [-0.4, -0.2) is 51.1 Å². The van der Waals surface area contributed by atoms with Gasteiger partial charge in [0.2, 0.25) is 17.2 Å². The molecular weight excluding hydrogens is 372 g/mol. The Bertz CT molecular complexity index is 933. The molecule has 0 aliphatic carbocycles. The van der Waals surface area contributed by atoms with Gasteiger partial charge in [0.25, 0.3) is 0 Å². The SMILES string of the molecule is COc1nc(Oc2ccccc2Nc2nc(C)nc(Cl)n2)nc(N(C)C)n1. The van der Waals surface area contributed by atoms with E-state index in [0.29, 0.717) is 29.2 Å². The Morgan fingerprint density at radius 1 is 0.963 bits per heavy atom. The van der Waals surface area contributed by atoms with Gasteiger partial charge in [-0.25, -0.2) is 4.98 Å². The summed E-state index contributed by atoms with van der Waals surface area (Å²) in [6.07, 6.45) is 0. The van der Waals surface area contributed by atoms with Gasteiger partial charge in [0.1, 0.15) is 5.82 Å². The lowest BCUT2D eigenvalue weighted by Crippen LogP contribution is -2.14. The van der Waals surface area contributed by atoms with Crippen LogP contribution in [0.4, 0.5) is 17.6 Å². The van der Waals surface area contributed by atoms with Crippen molar-refractivity contribution in [3.63, 3.8) is 0 Å². The molecule has 3 aromatic rings. The number of para-hydroxylation sites is 2. The van der Waals surface area contributed by atoms with Crippen molar-refractivity contribution >= 4 is 29.2 Å². The zero-order chi connectivity index (χ0) is 19.4. The van der Waals surface area contributed by atoms with E-state index < -0.39 is 0 Å². The van der Waals surface area contributed by atoms with Gasteiger partial charge < -0.3 is 19.7 Å². The first-order chi connectivity index (χ1) is 12.9. The van der Waals surface area contributed by atoms with Crippen molar-refractivity contribution in [3.8, 4) is 17.8 Å². The molecule has 0 saturated heterocycles. The number of aryl methyl sites for hydroxylation is 1. The van der Waals surface area contributed by atoms with E-state index >= 15 is 0 Å².